The molecule has 1 aliphatic heterocycles. The molecule has 0 spiro atoms. The summed E-state index contributed by atoms with van der Waals surface area (Å²) in [5.74, 6) is 0. The Kier molecular flexibility index (Phi) is 5.28. The molecule has 0 aliphatic carbocycles. The lowest BCUT2D eigenvalue weighted by atomic mass is 10.0. The van der Waals surface area contributed by atoms with Crippen LogP contribution >= 0.6 is 0 Å². The summed E-state index contributed by atoms with van der Waals surface area (Å²) in [6.07, 6.45) is -4.28. The molecule has 1 aromatic heterocycles. The van der Waals surface area contributed by atoms with E-state index in [1.807, 2.05) is 4.90 Å². The van der Waals surface area contributed by atoms with E-state index in [0.29, 0.717) is 43.9 Å². The first-order valence-corrected chi connectivity index (χ1v) is 8.12. The molecule has 1 aromatic carbocycles. The fourth-order valence-corrected chi connectivity index (χ4v) is 3.03. The van der Waals surface area contributed by atoms with Crippen LogP contribution in [0.1, 0.15) is 16.8 Å². The van der Waals surface area contributed by atoms with Gasteiger partial charge in [-0.1, -0.05) is 18.2 Å². The van der Waals surface area contributed by atoms with Gasteiger partial charge in [-0.25, -0.2) is 4.79 Å². The van der Waals surface area contributed by atoms with Gasteiger partial charge in [0.25, 0.3) is 5.56 Å². The Balaban J connectivity index is 1.65. The highest BCUT2D eigenvalue weighted by Gasteiger charge is 2.30. The van der Waals surface area contributed by atoms with E-state index >= 15 is 0 Å². The number of benzene rings is 1. The van der Waals surface area contributed by atoms with Crippen molar-refractivity contribution in [3.63, 3.8) is 0 Å². The van der Waals surface area contributed by atoms with Gasteiger partial charge in [0.1, 0.15) is 0 Å². The van der Waals surface area contributed by atoms with Gasteiger partial charge in [-0.3, -0.25) is 14.7 Å². The molecular weight excluding hydrogens is 351 g/mol. The molecule has 1 aliphatic rings. The molecule has 140 valence electrons. The zero-order valence-corrected chi connectivity index (χ0v) is 13.8. The average molecular weight is 369 g/mol. The molecule has 0 unspecified atom stereocenters. The fraction of sp³-hybridized carbons (Fsp3) is 0.412. The lowest BCUT2D eigenvalue weighted by molar-refractivity contribution is -0.137. The number of hydrogen-bond acceptors (Lipinski definition) is 4. The number of aromatic nitrogens is 2. The third-order valence-corrected chi connectivity index (χ3v) is 4.15. The Bertz CT molecular complexity index is 847. The predicted molar refractivity (Wildman–Crippen MR) is 87.8 cm³/mol. The Morgan fingerprint density at radius 1 is 1.19 bits per heavy atom. The second-order valence-electron chi connectivity index (χ2n) is 6.24. The van der Waals surface area contributed by atoms with Gasteiger partial charge in [0.2, 0.25) is 0 Å². The highest BCUT2D eigenvalue weighted by Crippen LogP contribution is 2.30. The molecule has 2 N–H and O–H groups in total. The fourth-order valence-electron chi connectivity index (χ4n) is 3.03. The minimum absolute atomic E-state index is 0.263. The number of H-pyrrole nitrogens is 2. The Morgan fingerprint density at radius 3 is 2.73 bits per heavy atom. The summed E-state index contributed by atoms with van der Waals surface area (Å²) in [6, 6.07) is 6.53. The van der Waals surface area contributed by atoms with Gasteiger partial charge < -0.3 is 9.72 Å². The minimum Gasteiger partial charge on any atom is -0.375 e. The number of ether oxygens (including phenoxy) is 1. The summed E-state index contributed by atoms with van der Waals surface area (Å²) in [6.45, 7) is 1.89. The number of halogens is 3. The van der Waals surface area contributed by atoms with Crippen LogP contribution in [0.2, 0.25) is 0 Å². The average Bonchev–Trinajstić information content (AvgIpc) is 2.53. The highest BCUT2D eigenvalue weighted by atomic mass is 19.4. The van der Waals surface area contributed by atoms with Gasteiger partial charge in [-0.2, -0.15) is 13.2 Å². The molecule has 0 bridgehead atoms. The molecule has 0 saturated carbocycles. The SMILES string of the molecule is O=c1cc(CN2CCO[C@@H](Cc3cccc(C(F)(F)F)c3)C2)[nH]c(=O)[nH]1. The van der Waals surface area contributed by atoms with Crippen molar-refractivity contribution in [2.75, 3.05) is 19.7 Å². The molecule has 6 nitrogen and oxygen atoms in total. The number of nitrogens with zero attached hydrogens (tertiary/aromatic N) is 1. The second-order valence-corrected chi connectivity index (χ2v) is 6.24. The van der Waals surface area contributed by atoms with Crippen LogP contribution in [0.25, 0.3) is 0 Å². The van der Waals surface area contributed by atoms with Crippen LogP contribution in [0.5, 0.6) is 0 Å². The maximum absolute atomic E-state index is 12.8. The van der Waals surface area contributed by atoms with Crippen LogP contribution in [0.3, 0.4) is 0 Å². The third-order valence-electron chi connectivity index (χ3n) is 4.15. The summed E-state index contributed by atoms with van der Waals surface area (Å²) in [4.78, 5) is 29.3. The van der Waals surface area contributed by atoms with Gasteiger partial charge in [-0.15, -0.1) is 0 Å². The lowest BCUT2D eigenvalue weighted by Gasteiger charge is -2.33. The smallest absolute Gasteiger partial charge is 0.375 e. The largest absolute Gasteiger partial charge is 0.416 e. The number of nitrogens with one attached hydrogen (secondary N) is 2. The number of aromatic amines is 2. The predicted octanol–water partition coefficient (Wildman–Crippen LogP) is 1.53. The van der Waals surface area contributed by atoms with E-state index in [4.69, 9.17) is 4.74 Å². The molecule has 2 aromatic rings. The molecule has 1 saturated heterocycles. The standard InChI is InChI=1S/C17H18F3N3O3/c18-17(19,20)12-3-1-2-11(6-12)7-14-10-23(4-5-26-14)9-13-8-15(24)22-16(25)21-13/h1-3,6,8,14H,4-5,7,9-10H2,(H2,21,22,24,25)/t14-/m0/s1. The van der Waals surface area contributed by atoms with Crippen LogP contribution in [0.4, 0.5) is 13.2 Å². The van der Waals surface area contributed by atoms with Crippen molar-refractivity contribution in [3.05, 3.63) is 68.0 Å². The summed E-state index contributed by atoms with van der Waals surface area (Å²) in [5, 5.41) is 0. The number of morpholine rings is 1. The Labute approximate surface area is 146 Å². The number of rotatable bonds is 4. The molecule has 26 heavy (non-hydrogen) atoms. The molecule has 9 heteroatoms. The lowest BCUT2D eigenvalue weighted by Crippen LogP contribution is -2.43. The molecule has 1 fully saturated rings. The van der Waals surface area contributed by atoms with Crippen molar-refractivity contribution >= 4 is 0 Å². The Morgan fingerprint density at radius 2 is 2.00 bits per heavy atom. The monoisotopic (exact) mass is 369 g/mol. The van der Waals surface area contributed by atoms with Crippen molar-refractivity contribution in [1.29, 1.82) is 0 Å². The van der Waals surface area contributed by atoms with E-state index in [0.717, 1.165) is 12.1 Å². The summed E-state index contributed by atoms with van der Waals surface area (Å²) in [5.41, 5.74) is -0.683. The zero-order valence-electron chi connectivity index (χ0n) is 13.8. The van der Waals surface area contributed by atoms with E-state index in [9.17, 15) is 22.8 Å². The van der Waals surface area contributed by atoms with Gasteiger partial charge in [0.05, 0.1) is 18.3 Å². The summed E-state index contributed by atoms with van der Waals surface area (Å²) < 4.78 is 44.1. The van der Waals surface area contributed by atoms with Gasteiger partial charge in [0.15, 0.2) is 0 Å². The first kappa shape index (κ1) is 18.4. The maximum Gasteiger partial charge on any atom is 0.416 e. The van der Waals surface area contributed by atoms with E-state index in [-0.39, 0.29) is 6.10 Å². The first-order chi connectivity index (χ1) is 12.3. The van der Waals surface area contributed by atoms with E-state index < -0.39 is 23.0 Å². The maximum atomic E-state index is 12.8. The van der Waals surface area contributed by atoms with Crippen LogP contribution in [0, 0.1) is 0 Å². The van der Waals surface area contributed by atoms with Crippen molar-refractivity contribution in [3.8, 4) is 0 Å². The van der Waals surface area contributed by atoms with E-state index in [1.54, 1.807) is 6.07 Å². The second kappa shape index (κ2) is 7.46. The topological polar surface area (TPSA) is 78.2 Å². The number of hydrogen-bond donors (Lipinski definition) is 2. The first-order valence-electron chi connectivity index (χ1n) is 8.12. The quantitative estimate of drug-likeness (QED) is 0.857. The van der Waals surface area contributed by atoms with E-state index in [2.05, 4.69) is 9.97 Å². The minimum atomic E-state index is -4.37. The van der Waals surface area contributed by atoms with Crippen molar-refractivity contribution in [2.45, 2.75) is 25.2 Å². The van der Waals surface area contributed by atoms with E-state index in [1.165, 1.54) is 12.1 Å². The number of alkyl halides is 3. The molecule has 0 radical (unpaired) electrons. The molecule has 0 amide bonds. The van der Waals surface area contributed by atoms with Crippen molar-refractivity contribution in [2.24, 2.45) is 0 Å². The molecule has 3 rings (SSSR count). The van der Waals surface area contributed by atoms with Crippen molar-refractivity contribution < 1.29 is 17.9 Å². The summed E-state index contributed by atoms with van der Waals surface area (Å²) >= 11 is 0. The molecule has 1 atom stereocenters. The third kappa shape index (κ3) is 4.83. The summed E-state index contributed by atoms with van der Waals surface area (Å²) in [7, 11) is 0. The highest BCUT2D eigenvalue weighted by molar-refractivity contribution is 5.26. The molecular formula is C17H18F3N3O3. The van der Waals surface area contributed by atoms with Crippen LogP contribution < -0.4 is 11.2 Å². The normalized spacial score (nSPS) is 18.8. The van der Waals surface area contributed by atoms with Crippen LogP contribution in [-0.4, -0.2) is 40.7 Å². The van der Waals surface area contributed by atoms with Gasteiger partial charge in [-0.05, 0) is 18.1 Å². The Hall–Kier alpha value is -2.39. The van der Waals surface area contributed by atoms with Gasteiger partial charge in [0, 0.05) is 31.4 Å². The van der Waals surface area contributed by atoms with Crippen LogP contribution in [0.15, 0.2) is 39.9 Å². The van der Waals surface area contributed by atoms with Crippen molar-refractivity contribution in [1.82, 2.24) is 14.9 Å². The molecule has 2 heterocycles. The zero-order chi connectivity index (χ0) is 18.7. The van der Waals surface area contributed by atoms with Crippen LogP contribution in [-0.2, 0) is 23.9 Å². The van der Waals surface area contributed by atoms with Gasteiger partial charge >= 0.3 is 11.9 Å².